The van der Waals surface area contributed by atoms with Gasteiger partial charge in [-0.25, -0.2) is 8.78 Å². The van der Waals surface area contributed by atoms with E-state index in [-0.39, 0.29) is 11.5 Å². The molecule has 0 saturated heterocycles. The van der Waals surface area contributed by atoms with Gasteiger partial charge in [0, 0.05) is 30.1 Å². The van der Waals surface area contributed by atoms with E-state index in [0.717, 1.165) is 0 Å². The molecular formula is C14H16F2N4O. The number of hydrogen-bond donors (Lipinski definition) is 2. The summed E-state index contributed by atoms with van der Waals surface area (Å²) in [5, 5.41) is 9.51. The first kappa shape index (κ1) is 15.1. The SMILES string of the molecule is CNC(C(=O)Nc1cccc(C(F)F)c1)c1cnn(C)c1. The molecular weight excluding hydrogens is 278 g/mol. The normalized spacial score (nSPS) is 12.4. The molecule has 112 valence electrons. The number of anilines is 1. The largest absolute Gasteiger partial charge is 0.324 e. The third-order valence-corrected chi connectivity index (χ3v) is 3.02. The quantitative estimate of drug-likeness (QED) is 0.889. The third kappa shape index (κ3) is 3.63. The lowest BCUT2D eigenvalue weighted by Crippen LogP contribution is -2.30. The summed E-state index contributed by atoms with van der Waals surface area (Å²) in [6.45, 7) is 0. The summed E-state index contributed by atoms with van der Waals surface area (Å²) in [6, 6.07) is 5.03. The van der Waals surface area contributed by atoms with Crippen LogP contribution in [0.25, 0.3) is 0 Å². The Morgan fingerprint density at radius 2 is 2.10 bits per heavy atom. The molecule has 1 heterocycles. The Morgan fingerprint density at radius 1 is 1.33 bits per heavy atom. The molecule has 21 heavy (non-hydrogen) atoms. The third-order valence-electron chi connectivity index (χ3n) is 3.02. The van der Waals surface area contributed by atoms with Crippen LogP contribution in [-0.4, -0.2) is 22.7 Å². The van der Waals surface area contributed by atoms with Gasteiger partial charge in [-0.2, -0.15) is 5.10 Å². The first-order valence-corrected chi connectivity index (χ1v) is 6.36. The molecule has 1 unspecified atom stereocenters. The topological polar surface area (TPSA) is 59.0 Å². The highest BCUT2D eigenvalue weighted by Gasteiger charge is 2.20. The van der Waals surface area contributed by atoms with Gasteiger partial charge < -0.3 is 10.6 Å². The van der Waals surface area contributed by atoms with Gasteiger partial charge in [0.15, 0.2) is 0 Å². The molecule has 1 aromatic carbocycles. The standard InChI is InChI=1S/C14H16F2N4O/c1-17-12(10-7-18-20(2)8-10)14(21)19-11-5-3-4-9(6-11)13(15)16/h3-8,12-13,17H,1-2H3,(H,19,21). The van der Waals surface area contributed by atoms with Crippen LogP contribution in [0.4, 0.5) is 14.5 Å². The maximum Gasteiger partial charge on any atom is 0.263 e. The van der Waals surface area contributed by atoms with Crippen molar-refractivity contribution in [2.45, 2.75) is 12.5 Å². The predicted molar refractivity (Wildman–Crippen MR) is 75.0 cm³/mol. The maximum absolute atomic E-state index is 12.6. The van der Waals surface area contributed by atoms with Crippen molar-refractivity contribution < 1.29 is 13.6 Å². The minimum Gasteiger partial charge on any atom is -0.324 e. The van der Waals surface area contributed by atoms with E-state index in [9.17, 15) is 13.6 Å². The number of alkyl halides is 2. The Hall–Kier alpha value is -2.28. The van der Waals surface area contributed by atoms with Crippen LogP contribution in [-0.2, 0) is 11.8 Å². The first-order valence-electron chi connectivity index (χ1n) is 6.36. The average molecular weight is 294 g/mol. The number of rotatable bonds is 5. The molecule has 2 N–H and O–H groups in total. The van der Waals surface area contributed by atoms with Gasteiger partial charge in [0.05, 0.1) is 6.20 Å². The van der Waals surface area contributed by atoms with Crippen molar-refractivity contribution in [1.29, 1.82) is 0 Å². The Balaban J connectivity index is 2.14. The van der Waals surface area contributed by atoms with E-state index in [1.165, 1.54) is 18.2 Å². The molecule has 2 aromatic rings. The number of aromatic nitrogens is 2. The zero-order valence-corrected chi connectivity index (χ0v) is 11.7. The number of amides is 1. The molecule has 1 atom stereocenters. The van der Waals surface area contributed by atoms with E-state index >= 15 is 0 Å². The van der Waals surface area contributed by atoms with Gasteiger partial charge in [-0.3, -0.25) is 9.48 Å². The molecule has 7 heteroatoms. The number of benzene rings is 1. The number of hydrogen-bond acceptors (Lipinski definition) is 3. The van der Waals surface area contributed by atoms with Crippen LogP contribution in [0.3, 0.4) is 0 Å². The molecule has 0 spiro atoms. The summed E-state index contributed by atoms with van der Waals surface area (Å²) in [5.41, 5.74) is 0.902. The number of nitrogens with zero attached hydrogens (tertiary/aromatic N) is 2. The van der Waals surface area contributed by atoms with Crippen LogP contribution in [0, 0.1) is 0 Å². The smallest absolute Gasteiger partial charge is 0.263 e. The fourth-order valence-electron chi connectivity index (χ4n) is 2.00. The van der Waals surface area contributed by atoms with Crippen molar-refractivity contribution in [3.05, 3.63) is 47.8 Å². The molecule has 1 amide bonds. The molecule has 0 fully saturated rings. The second-order valence-corrected chi connectivity index (χ2v) is 4.58. The molecule has 0 radical (unpaired) electrons. The summed E-state index contributed by atoms with van der Waals surface area (Å²) in [4.78, 5) is 12.2. The predicted octanol–water partition coefficient (Wildman–Crippen LogP) is 2.26. The van der Waals surface area contributed by atoms with Gasteiger partial charge >= 0.3 is 0 Å². The van der Waals surface area contributed by atoms with Gasteiger partial charge in [0.25, 0.3) is 6.43 Å². The first-order chi connectivity index (χ1) is 10.0. The van der Waals surface area contributed by atoms with E-state index in [1.54, 1.807) is 37.2 Å². The highest BCUT2D eigenvalue weighted by Crippen LogP contribution is 2.22. The minimum atomic E-state index is -2.57. The van der Waals surface area contributed by atoms with Gasteiger partial charge in [-0.05, 0) is 19.2 Å². The van der Waals surface area contributed by atoms with E-state index in [2.05, 4.69) is 15.7 Å². The second-order valence-electron chi connectivity index (χ2n) is 4.58. The number of likely N-dealkylation sites (N-methyl/N-ethyl adjacent to an activating group) is 1. The van der Waals surface area contributed by atoms with E-state index < -0.39 is 12.5 Å². The summed E-state index contributed by atoms with van der Waals surface area (Å²) in [5.74, 6) is -0.336. The van der Waals surface area contributed by atoms with E-state index in [1.807, 2.05) is 0 Å². The van der Waals surface area contributed by atoms with Crippen LogP contribution in [0.5, 0.6) is 0 Å². The van der Waals surface area contributed by atoms with Crippen molar-refractivity contribution in [3.63, 3.8) is 0 Å². The summed E-state index contributed by atoms with van der Waals surface area (Å²) >= 11 is 0. The van der Waals surface area contributed by atoms with E-state index in [4.69, 9.17) is 0 Å². The van der Waals surface area contributed by atoms with Crippen LogP contribution in [0.2, 0.25) is 0 Å². The summed E-state index contributed by atoms with van der Waals surface area (Å²) in [6.07, 6.45) is 0.729. The Labute approximate surface area is 121 Å². The molecule has 1 aromatic heterocycles. The van der Waals surface area contributed by atoms with Crippen LogP contribution < -0.4 is 10.6 Å². The molecule has 5 nitrogen and oxygen atoms in total. The lowest BCUT2D eigenvalue weighted by Gasteiger charge is -2.15. The van der Waals surface area contributed by atoms with E-state index in [0.29, 0.717) is 11.3 Å². The molecule has 0 aliphatic heterocycles. The minimum absolute atomic E-state index is 0.129. The summed E-state index contributed by atoms with van der Waals surface area (Å²) in [7, 11) is 3.40. The highest BCUT2D eigenvalue weighted by atomic mass is 19.3. The Morgan fingerprint density at radius 3 is 2.67 bits per heavy atom. The van der Waals surface area contributed by atoms with Crippen molar-refractivity contribution in [2.24, 2.45) is 7.05 Å². The van der Waals surface area contributed by atoms with Crippen LogP contribution >= 0.6 is 0 Å². The number of halogens is 2. The zero-order chi connectivity index (χ0) is 15.4. The average Bonchev–Trinajstić information content (AvgIpc) is 2.86. The fraction of sp³-hybridized carbons (Fsp3) is 0.286. The molecule has 0 aliphatic rings. The Kier molecular flexibility index (Phi) is 4.64. The van der Waals surface area contributed by atoms with Crippen molar-refractivity contribution in [1.82, 2.24) is 15.1 Å². The Bertz CT molecular complexity index is 627. The molecule has 2 rings (SSSR count). The van der Waals surface area contributed by atoms with Gasteiger partial charge in [-0.1, -0.05) is 12.1 Å². The maximum atomic E-state index is 12.6. The van der Waals surface area contributed by atoms with Gasteiger partial charge in [0.2, 0.25) is 5.91 Å². The molecule has 0 bridgehead atoms. The van der Waals surface area contributed by atoms with Crippen molar-refractivity contribution in [3.8, 4) is 0 Å². The number of nitrogens with one attached hydrogen (secondary N) is 2. The van der Waals surface area contributed by atoms with Crippen molar-refractivity contribution >= 4 is 11.6 Å². The molecule has 0 aliphatic carbocycles. The number of aryl methyl sites for hydroxylation is 1. The fourth-order valence-corrected chi connectivity index (χ4v) is 2.00. The summed E-state index contributed by atoms with van der Waals surface area (Å²) < 4.78 is 26.9. The lowest BCUT2D eigenvalue weighted by atomic mass is 10.1. The molecule has 0 saturated carbocycles. The monoisotopic (exact) mass is 294 g/mol. The van der Waals surface area contributed by atoms with Crippen molar-refractivity contribution in [2.75, 3.05) is 12.4 Å². The second kappa shape index (κ2) is 6.45. The van der Waals surface area contributed by atoms with Crippen LogP contribution in [0.15, 0.2) is 36.7 Å². The van der Waals surface area contributed by atoms with Gasteiger partial charge in [-0.15, -0.1) is 0 Å². The lowest BCUT2D eigenvalue weighted by molar-refractivity contribution is -0.118. The zero-order valence-electron chi connectivity index (χ0n) is 11.7. The number of carbonyl (C=O) groups excluding carboxylic acids is 1. The van der Waals surface area contributed by atoms with Gasteiger partial charge in [0.1, 0.15) is 6.04 Å². The highest BCUT2D eigenvalue weighted by molar-refractivity contribution is 5.95. The van der Waals surface area contributed by atoms with Crippen LogP contribution in [0.1, 0.15) is 23.6 Å². The number of carbonyl (C=O) groups is 1.